The molecule has 0 spiro atoms. The van der Waals surface area contributed by atoms with E-state index in [1.165, 1.54) is 12.1 Å². The maximum atomic E-state index is 13.2. The summed E-state index contributed by atoms with van der Waals surface area (Å²) in [6.45, 7) is 3.05. The average molecular weight is 427 g/mol. The Morgan fingerprint density at radius 1 is 1.24 bits per heavy atom. The standard InChI is InChI=1S/C20H27N3O5S/c1-15(2)13-22(14-20(24)19(21)11-16-7-4-3-5-8-16)29(27,28)18-10-6-9-17(12-18)23(25)26/h3-10,12,15,19-20,24H,11,13-14,21H2,1-2H3/t19-,20+/m0/s1/i3D,4D,5D,7D,8D. The van der Waals surface area contributed by atoms with E-state index in [0.717, 1.165) is 16.4 Å². The zero-order valence-electron chi connectivity index (χ0n) is 21.1. The predicted molar refractivity (Wildman–Crippen MR) is 111 cm³/mol. The molecule has 0 aliphatic carbocycles. The number of benzene rings is 2. The van der Waals surface area contributed by atoms with Gasteiger partial charge in [-0.05, 0) is 24.0 Å². The minimum absolute atomic E-state index is 0.0104. The molecule has 29 heavy (non-hydrogen) atoms. The molecule has 8 nitrogen and oxygen atoms in total. The molecule has 0 saturated heterocycles. The Balaban J connectivity index is 2.34. The number of nitro benzene ring substituents is 1. The van der Waals surface area contributed by atoms with Crippen LogP contribution in [0.2, 0.25) is 0 Å². The highest BCUT2D eigenvalue weighted by Crippen LogP contribution is 2.22. The van der Waals surface area contributed by atoms with Gasteiger partial charge in [0.25, 0.3) is 5.69 Å². The highest BCUT2D eigenvalue weighted by atomic mass is 32.2. The lowest BCUT2D eigenvalue weighted by atomic mass is 10.0. The molecular weight excluding hydrogens is 394 g/mol. The van der Waals surface area contributed by atoms with Crippen molar-refractivity contribution in [2.45, 2.75) is 37.3 Å². The van der Waals surface area contributed by atoms with Crippen LogP contribution in [0.5, 0.6) is 0 Å². The van der Waals surface area contributed by atoms with Gasteiger partial charge in [0.2, 0.25) is 10.0 Å². The predicted octanol–water partition coefficient (Wildman–Crippen LogP) is 2.17. The monoisotopic (exact) mass is 426 g/mol. The van der Waals surface area contributed by atoms with Crippen LogP contribution in [0.1, 0.15) is 26.3 Å². The molecule has 2 rings (SSSR count). The van der Waals surface area contributed by atoms with Crippen molar-refractivity contribution in [2.75, 3.05) is 13.1 Å². The van der Waals surface area contributed by atoms with Crippen LogP contribution in [0.25, 0.3) is 0 Å². The first kappa shape index (κ1) is 16.5. The Morgan fingerprint density at radius 2 is 1.90 bits per heavy atom. The Kier molecular flexibility index (Phi) is 5.64. The molecule has 0 aliphatic rings. The molecule has 2 atom stereocenters. The number of aliphatic hydroxyl groups excluding tert-OH is 1. The third-order valence-electron chi connectivity index (χ3n) is 4.11. The molecule has 0 saturated carbocycles. The fourth-order valence-corrected chi connectivity index (χ4v) is 4.34. The molecule has 0 aliphatic heterocycles. The zero-order chi connectivity index (χ0) is 26.0. The smallest absolute Gasteiger partial charge is 0.270 e. The van der Waals surface area contributed by atoms with Gasteiger partial charge in [-0.2, -0.15) is 4.31 Å². The van der Waals surface area contributed by atoms with Gasteiger partial charge in [0, 0.05) is 31.3 Å². The van der Waals surface area contributed by atoms with E-state index in [9.17, 15) is 23.6 Å². The first-order valence-electron chi connectivity index (χ1n) is 11.4. The number of nitro groups is 1. The molecule has 0 unspecified atom stereocenters. The number of hydrogen-bond acceptors (Lipinski definition) is 6. The average Bonchev–Trinajstić information content (AvgIpc) is 2.78. The third kappa shape index (κ3) is 6.33. The molecule has 0 radical (unpaired) electrons. The van der Waals surface area contributed by atoms with Crippen molar-refractivity contribution in [3.63, 3.8) is 0 Å². The quantitative estimate of drug-likeness (QED) is 0.443. The lowest BCUT2D eigenvalue weighted by molar-refractivity contribution is -0.385. The zero-order valence-corrected chi connectivity index (χ0v) is 16.9. The van der Waals surface area contributed by atoms with Gasteiger partial charge in [-0.1, -0.05) is 50.1 Å². The van der Waals surface area contributed by atoms with Crippen molar-refractivity contribution < 1.29 is 25.3 Å². The van der Waals surface area contributed by atoms with E-state index in [2.05, 4.69) is 0 Å². The van der Waals surface area contributed by atoms with E-state index < -0.39 is 69.5 Å². The van der Waals surface area contributed by atoms with Crippen molar-refractivity contribution in [2.24, 2.45) is 11.7 Å². The molecule has 0 heterocycles. The summed E-state index contributed by atoms with van der Waals surface area (Å²) in [5, 5.41) is 21.8. The molecule has 0 fully saturated rings. The molecule has 158 valence electrons. The lowest BCUT2D eigenvalue weighted by Gasteiger charge is -2.28. The summed E-state index contributed by atoms with van der Waals surface area (Å²) in [5.74, 6) is -0.155. The molecule has 2 aromatic rings. The Morgan fingerprint density at radius 3 is 2.48 bits per heavy atom. The van der Waals surface area contributed by atoms with Crippen LogP contribution in [-0.4, -0.2) is 48.0 Å². The summed E-state index contributed by atoms with van der Waals surface area (Å²) in [6, 6.07) is 0.887. The SMILES string of the molecule is [2H]c1c([2H])c([2H])c(C[C@H](N)[C@H](O)CN(CC(C)C)S(=O)(=O)c2cccc([N+](=O)[O-])c2)c([2H])c1[2H]. The van der Waals surface area contributed by atoms with E-state index in [1.807, 2.05) is 0 Å². The summed E-state index contributed by atoms with van der Waals surface area (Å²) in [6.07, 6.45) is -1.74. The topological polar surface area (TPSA) is 127 Å². The van der Waals surface area contributed by atoms with E-state index in [0.29, 0.717) is 0 Å². The minimum atomic E-state index is -4.23. The van der Waals surface area contributed by atoms with Crippen LogP contribution in [0, 0.1) is 16.0 Å². The summed E-state index contributed by atoms with van der Waals surface area (Å²) in [5.41, 5.74) is 5.57. The maximum absolute atomic E-state index is 13.2. The first-order chi connectivity index (χ1) is 15.7. The second kappa shape index (κ2) is 9.93. The van der Waals surface area contributed by atoms with Crippen LogP contribution in [-0.2, 0) is 16.4 Å². The van der Waals surface area contributed by atoms with Gasteiger partial charge < -0.3 is 10.8 Å². The van der Waals surface area contributed by atoms with Crippen LogP contribution < -0.4 is 5.73 Å². The molecule has 0 aromatic heterocycles. The fraction of sp³-hybridized carbons (Fsp3) is 0.400. The largest absolute Gasteiger partial charge is 0.390 e. The first-order valence-corrected chi connectivity index (χ1v) is 10.4. The van der Waals surface area contributed by atoms with Gasteiger partial charge in [-0.25, -0.2) is 8.42 Å². The lowest BCUT2D eigenvalue weighted by Crippen LogP contribution is -2.47. The molecule has 2 aromatic carbocycles. The van der Waals surface area contributed by atoms with E-state index >= 15 is 0 Å². The number of aliphatic hydroxyl groups is 1. The van der Waals surface area contributed by atoms with E-state index in [1.54, 1.807) is 13.8 Å². The number of hydrogen-bond donors (Lipinski definition) is 2. The molecule has 0 amide bonds. The molecule has 9 heteroatoms. The van der Waals surface area contributed by atoms with Gasteiger partial charge >= 0.3 is 0 Å². The number of sulfonamides is 1. The van der Waals surface area contributed by atoms with Gasteiger partial charge in [-0.15, -0.1) is 0 Å². The van der Waals surface area contributed by atoms with Crippen LogP contribution in [0.4, 0.5) is 5.69 Å². The number of rotatable bonds is 10. The van der Waals surface area contributed by atoms with Crippen LogP contribution in [0.15, 0.2) is 59.4 Å². The minimum Gasteiger partial charge on any atom is -0.390 e. The van der Waals surface area contributed by atoms with Crippen LogP contribution >= 0.6 is 0 Å². The van der Waals surface area contributed by atoms with Crippen molar-refractivity contribution >= 4 is 15.7 Å². The van der Waals surface area contributed by atoms with Crippen molar-refractivity contribution in [1.29, 1.82) is 0 Å². The number of non-ortho nitro benzene ring substituents is 1. The van der Waals surface area contributed by atoms with E-state index in [-0.39, 0.29) is 29.3 Å². The van der Waals surface area contributed by atoms with Gasteiger partial charge in [0.05, 0.1) is 22.8 Å². The number of nitrogens with two attached hydrogens (primary N) is 1. The summed E-state index contributed by atoms with van der Waals surface area (Å²) < 4.78 is 66.6. The van der Waals surface area contributed by atoms with Crippen molar-refractivity contribution in [3.05, 3.63) is 70.2 Å². The third-order valence-corrected chi connectivity index (χ3v) is 5.94. The normalized spacial score (nSPS) is 16.6. The second-order valence-corrected chi connectivity index (χ2v) is 8.95. The Hall–Kier alpha value is -2.33. The van der Waals surface area contributed by atoms with Crippen molar-refractivity contribution in [1.82, 2.24) is 4.31 Å². The van der Waals surface area contributed by atoms with E-state index in [4.69, 9.17) is 12.6 Å². The Bertz CT molecular complexity index is 1150. The number of nitrogens with zero attached hydrogens (tertiary/aromatic N) is 2. The Labute approximate surface area is 178 Å². The highest BCUT2D eigenvalue weighted by molar-refractivity contribution is 7.89. The molecular formula is C20H27N3O5S. The summed E-state index contributed by atoms with van der Waals surface area (Å²) in [4.78, 5) is 10.0. The van der Waals surface area contributed by atoms with Gasteiger partial charge in [-0.3, -0.25) is 10.1 Å². The van der Waals surface area contributed by atoms with Gasteiger partial charge in [0.1, 0.15) is 0 Å². The maximum Gasteiger partial charge on any atom is 0.270 e. The molecule has 3 N–H and O–H groups in total. The fourth-order valence-electron chi connectivity index (χ4n) is 2.68. The summed E-state index contributed by atoms with van der Waals surface area (Å²) in [7, 11) is -4.23. The summed E-state index contributed by atoms with van der Waals surface area (Å²) >= 11 is 0. The second-order valence-electron chi connectivity index (χ2n) is 7.01. The highest BCUT2D eigenvalue weighted by Gasteiger charge is 2.30. The van der Waals surface area contributed by atoms with Crippen molar-refractivity contribution in [3.8, 4) is 0 Å². The van der Waals surface area contributed by atoms with Crippen LogP contribution in [0.3, 0.4) is 0 Å². The van der Waals surface area contributed by atoms with Gasteiger partial charge in [0.15, 0.2) is 0 Å². The molecule has 0 bridgehead atoms.